The number of aliphatic carboxylic acids is 1. The number of benzene rings is 2. The van der Waals surface area contributed by atoms with E-state index in [0.29, 0.717) is 0 Å². The van der Waals surface area contributed by atoms with Gasteiger partial charge in [0.05, 0.1) is 5.92 Å². The zero-order chi connectivity index (χ0) is 25.3. The van der Waals surface area contributed by atoms with Crippen molar-refractivity contribution >= 4 is 18.0 Å². The number of hydrogen-bond acceptors (Lipinski definition) is 4. The predicted molar refractivity (Wildman–Crippen MR) is 124 cm³/mol. The largest absolute Gasteiger partial charge is 0.481 e. The van der Waals surface area contributed by atoms with E-state index >= 15 is 0 Å². The van der Waals surface area contributed by atoms with Crippen LogP contribution in [0.3, 0.4) is 0 Å². The van der Waals surface area contributed by atoms with Crippen LogP contribution < -0.4 is 10.6 Å². The predicted octanol–water partition coefficient (Wildman–Crippen LogP) is 4.02. The molecule has 7 nitrogen and oxygen atoms in total. The number of halogens is 2. The summed E-state index contributed by atoms with van der Waals surface area (Å²) < 4.78 is 32.7. The SMILES string of the molecule is CC(C)CC(NC(=O)OCC1c2ccccc2-c2ccccc21)C(=O)NCC1C(C(=O)O)C1(F)F. The number of alkyl carbamates (subject to hydrolysis) is 1. The standard InChI is InChI=1S/C26H28F2N2O5/c1-14(2)11-21(23(31)29-12-20-22(24(32)33)26(20,27)28)30-25(34)35-13-19-17-9-5-3-7-15(17)16-8-4-6-10-18(16)19/h3-10,14,19-22H,11-13H2,1-2H3,(H,29,31)(H,30,34)(H,32,33). The number of amides is 2. The van der Waals surface area contributed by atoms with Crippen molar-refractivity contribution in [3.8, 4) is 11.1 Å². The van der Waals surface area contributed by atoms with Crippen molar-refractivity contribution in [1.82, 2.24) is 10.6 Å². The first kappa shape index (κ1) is 24.6. The van der Waals surface area contributed by atoms with Gasteiger partial charge in [-0.15, -0.1) is 0 Å². The molecular formula is C26H28F2N2O5. The highest BCUT2D eigenvalue weighted by Gasteiger charge is 2.72. The number of carbonyl (C=O) groups excluding carboxylic acids is 2. The molecule has 2 amide bonds. The Kier molecular flexibility index (Phi) is 6.78. The van der Waals surface area contributed by atoms with Crippen molar-refractivity contribution in [2.45, 2.75) is 38.2 Å². The maximum Gasteiger partial charge on any atom is 0.407 e. The van der Waals surface area contributed by atoms with Crippen LogP contribution in [0.2, 0.25) is 0 Å². The van der Waals surface area contributed by atoms with E-state index in [2.05, 4.69) is 10.6 Å². The van der Waals surface area contributed by atoms with Crippen LogP contribution in [0.15, 0.2) is 48.5 Å². The van der Waals surface area contributed by atoms with Crippen molar-refractivity contribution in [3.63, 3.8) is 0 Å². The van der Waals surface area contributed by atoms with Gasteiger partial charge in [-0.05, 0) is 34.6 Å². The van der Waals surface area contributed by atoms with Crippen LogP contribution in [0.1, 0.15) is 37.3 Å². The van der Waals surface area contributed by atoms with Gasteiger partial charge < -0.3 is 20.5 Å². The van der Waals surface area contributed by atoms with E-state index in [4.69, 9.17) is 9.84 Å². The fraction of sp³-hybridized carbons (Fsp3) is 0.423. The molecule has 0 saturated heterocycles. The lowest BCUT2D eigenvalue weighted by Gasteiger charge is -2.21. The molecule has 9 heteroatoms. The van der Waals surface area contributed by atoms with Gasteiger partial charge in [0.25, 0.3) is 5.92 Å². The topological polar surface area (TPSA) is 105 Å². The number of alkyl halides is 2. The lowest BCUT2D eigenvalue weighted by atomic mass is 9.98. The van der Waals surface area contributed by atoms with Gasteiger partial charge in [0, 0.05) is 12.5 Å². The average molecular weight is 487 g/mol. The molecule has 3 N–H and O–H groups in total. The quantitative estimate of drug-likeness (QED) is 0.497. The molecule has 2 aromatic carbocycles. The molecule has 3 atom stereocenters. The van der Waals surface area contributed by atoms with E-state index in [1.54, 1.807) is 0 Å². The smallest absolute Gasteiger partial charge is 0.407 e. The van der Waals surface area contributed by atoms with Crippen LogP contribution in [0.25, 0.3) is 11.1 Å². The fourth-order valence-corrected chi connectivity index (χ4v) is 4.80. The molecule has 3 unspecified atom stereocenters. The third-order valence-electron chi connectivity index (χ3n) is 6.62. The minimum absolute atomic E-state index is 0.0220. The summed E-state index contributed by atoms with van der Waals surface area (Å²) >= 11 is 0. The van der Waals surface area contributed by atoms with E-state index < -0.39 is 48.3 Å². The van der Waals surface area contributed by atoms with E-state index in [0.717, 1.165) is 22.3 Å². The molecule has 2 aliphatic rings. The van der Waals surface area contributed by atoms with Gasteiger partial charge in [-0.3, -0.25) is 9.59 Å². The Hall–Kier alpha value is -3.49. The van der Waals surface area contributed by atoms with Gasteiger partial charge in [0.2, 0.25) is 5.91 Å². The normalized spacial score (nSPS) is 20.5. The van der Waals surface area contributed by atoms with E-state index in [9.17, 15) is 23.2 Å². The molecule has 35 heavy (non-hydrogen) atoms. The number of ether oxygens (including phenoxy) is 1. The van der Waals surface area contributed by atoms with Gasteiger partial charge >= 0.3 is 12.1 Å². The van der Waals surface area contributed by atoms with Crippen molar-refractivity contribution in [1.29, 1.82) is 0 Å². The lowest BCUT2D eigenvalue weighted by Crippen LogP contribution is -2.48. The highest BCUT2D eigenvalue weighted by molar-refractivity contribution is 5.86. The Balaban J connectivity index is 1.36. The molecule has 4 rings (SSSR count). The molecular weight excluding hydrogens is 458 g/mol. The van der Waals surface area contributed by atoms with Gasteiger partial charge in [0.15, 0.2) is 0 Å². The molecule has 2 aromatic rings. The summed E-state index contributed by atoms with van der Waals surface area (Å²) in [4.78, 5) is 36.2. The highest BCUT2D eigenvalue weighted by Crippen LogP contribution is 2.54. The summed E-state index contributed by atoms with van der Waals surface area (Å²) in [5.74, 6) is -8.99. The molecule has 2 aliphatic carbocycles. The van der Waals surface area contributed by atoms with Gasteiger partial charge in [-0.2, -0.15) is 0 Å². The third-order valence-corrected chi connectivity index (χ3v) is 6.62. The Bertz CT molecular complexity index is 1090. The molecule has 0 bridgehead atoms. The molecule has 0 heterocycles. The second-order valence-electron chi connectivity index (χ2n) is 9.49. The number of carbonyl (C=O) groups is 3. The highest BCUT2D eigenvalue weighted by atomic mass is 19.3. The maximum atomic E-state index is 13.6. The van der Waals surface area contributed by atoms with Crippen molar-refractivity contribution < 1.29 is 33.0 Å². The summed E-state index contributed by atoms with van der Waals surface area (Å²) in [6.07, 6.45) is -0.521. The van der Waals surface area contributed by atoms with Crippen molar-refractivity contribution in [2.24, 2.45) is 17.8 Å². The minimum Gasteiger partial charge on any atom is -0.481 e. The van der Waals surface area contributed by atoms with Crippen LogP contribution in [0, 0.1) is 17.8 Å². The number of hydrogen-bond donors (Lipinski definition) is 3. The van der Waals surface area contributed by atoms with Crippen LogP contribution in [-0.4, -0.2) is 48.2 Å². The van der Waals surface area contributed by atoms with Crippen LogP contribution in [-0.2, 0) is 14.3 Å². The Morgan fingerprint density at radius 1 is 1.03 bits per heavy atom. The summed E-state index contributed by atoms with van der Waals surface area (Å²) in [6.45, 7) is 3.30. The molecule has 0 aliphatic heterocycles. The molecule has 0 radical (unpaired) electrons. The van der Waals surface area contributed by atoms with Gasteiger partial charge in [-0.25, -0.2) is 13.6 Å². The Morgan fingerprint density at radius 3 is 2.11 bits per heavy atom. The number of fused-ring (bicyclic) bond motifs is 3. The number of nitrogens with one attached hydrogen (secondary N) is 2. The molecule has 1 fully saturated rings. The Labute approximate surface area is 201 Å². The van der Waals surface area contributed by atoms with Crippen molar-refractivity contribution in [3.05, 3.63) is 59.7 Å². The molecule has 1 saturated carbocycles. The number of carboxylic acid groups (broad SMARTS) is 1. The first-order chi connectivity index (χ1) is 16.6. The van der Waals surface area contributed by atoms with Crippen LogP contribution in [0.5, 0.6) is 0 Å². The fourth-order valence-electron chi connectivity index (χ4n) is 4.80. The monoisotopic (exact) mass is 486 g/mol. The summed E-state index contributed by atoms with van der Waals surface area (Å²) in [5, 5.41) is 13.8. The number of rotatable bonds is 9. The van der Waals surface area contributed by atoms with Crippen molar-refractivity contribution in [2.75, 3.05) is 13.2 Å². The third kappa shape index (κ3) is 4.99. The maximum absolute atomic E-state index is 13.6. The van der Waals surface area contributed by atoms with E-state index in [1.807, 2.05) is 62.4 Å². The first-order valence-corrected chi connectivity index (χ1v) is 11.6. The lowest BCUT2D eigenvalue weighted by molar-refractivity contribution is -0.141. The first-order valence-electron chi connectivity index (χ1n) is 11.6. The summed E-state index contributed by atoms with van der Waals surface area (Å²) in [6, 6.07) is 14.8. The zero-order valence-electron chi connectivity index (χ0n) is 19.5. The minimum atomic E-state index is -3.35. The van der Waals surface area contributed by atoms with Gasteiger partial charge in [0.1, 0.15) is 18.6 Å². The average Bonchev–Trinajstić information content (AvgIpc) is 3.22. The Morgan fingerprint density at radius 2 is 1.60 bits per heavy atom. The van der Waals surface area contributed by atoms with E-state index in [-0.39, 0.29) is 24.9 Å². The summed E-state index contributed by atoms with van der Waals surface area (Å²) in [5.41, 5.74) is 4.28. The molecule has 0 aromatic heterocycles. The summed E-state index contributed by atoms with van der Waals surface area (Å²) in [7, 11) is 0. The molecule has 186 valence electrons. The zero-order valence-corrected chi connectivity index (χ0v) is 19.5. The van der Waals surface area contributed by atoms with Gasteiger partial charge in [-0.1, -0.05) is 62.4 Å². The second-order valence-corrected chi connectivity index (χ2v) is 9.49. The van der Waals surface area contributed by atoms with E-state index in [1.165, 1.54) is 0 Å². The number of carboxylic acids is 1. The second kappa shape index (κ2) is 9.64. The molecule has 0 spiro atoms. The van der Waals surface area contributed by atoms with Crippen LogP contribution >= 0.6 is 0 Å². The van der Waals surface area contributed by atoms with Crippen LogP contribution in [0.4, 0.5) is 13.6 Å².